The van der Waals surface area contributed by atoms with Crippen LogP contribution in [-0.2, 0) is 16.7 Å². The summed E-state index contributed by atoms with van der Waals surface area (Å²) in [6.45, 7) is 3.98. The van der Waals surface area contributed by atoms with Crippen LogP contribution in [0.4, 0.5) is 0 Å². The number of rotatable bonds is 15. The molecule has 0 aromatic heterocycles. The van der Waals surface area contributed by atoms with Crippen LogP contribution < -0.4 is 18.9 Å². The van der Waals surface area contributed by atoms with E-state index in [0.717, 1.165) is 89.5 Å². The highest BCUT2D eigenvalue weighted by molar-refractivity contribution is 5.94. The van der Waals surface area contributed by atoms with E-state index < -0.39 is 58.4 Å². The van der Waals surface area contributed by atoms with Crippen LogP contribution in [0, 0.1) is 0 Å². The molecule has 8 rings (SSSR count). The topological polar surface area (TPSA) is 296 Å². The molecular weight excluding hydrogens is 973 g/mol. The van der Waals surface area contributed by atoms with E-state index in [9.17, 15) is 65.3 Å². The summed E-state index contributed by atoms with van der Waals surface area (Å²) in [5, 5.41) is 89.9. The maximum atomic E-state index is 13.2. The maximum absolute atomic E-state index is 13.2. The number of phenols is 8. The van der Waals surface area contributed by atoms with Crippen molar-refractivity contribution < 1.29 is 89.1 Å². The normalized spacial score (nSPS) is 11.6. The van der Waals surface area contributed by atoms with Crippen molar-refractivity contribution in [3.05, 3.63) is 213 Å². The van der Waals surface area contributed by atoms with Crippen LogP contribution in [0.1, 0.15) is 94.8 Å². The molecule has 0 amide bonds. The van der Waals surface area contributed by atoms with Gasteiger partial charge in [-0.3, -0.25) is 5.26 Å². The Morgan fingerprint density at radius 2 is 0.667 bits per heavy atom. The zero-order valence-electron chi connectivity index (χ0n) is 39.5. The average Bonchev–Trinajstić information content (AvgIpc) is 3.33. The van der Waals surface area contributed by atoms with Crippen molar-refractivity contribution in [2.45, 2.75) is 31.8 Å². The van der Waals surface area contributed by atoms with E-state index in [2.05, 4.69) is 0 Å². The monoisotopic (exact) mass is 1020 g/mol. The number of carbonyl (C=O) groups excluding carboxylic acids is 4. The molecule has 0 heterocycles. The minimum absolute atomic E-state index is 0.0457. The highest BCUT2D eigenvalue weighted by Gasteiger charge is 2.26. The van der Waals surface area contributed by atoms with Gasteiger partial charge in [0.15, 0.2) is 0 Å². The summed E-state index contributed by atoms with van der Waals surface area (Å²) in [5.41, 5.74) is 2.19. The minimum atomic E-state index is -1.27. The van der Waals surface area contributed by atoms with Crippen LogP contribution in [0.2, 0.25) is 0 Å². The summed E-state index contributed by atoms with van der Waals surface area (Å²) in [4.78, 5) is 57.6. The number of phenolic OH excluding ortho intramolecular Hbond substituents is 8. The Morgan fingerprint density at radius 1 is 0.373 bits per heavy atom. The second-order valence-electron chi connectivity index (χ2n) is 17.7. The second kappa shape index (κ2) is 21.4. The van der Waals surface area contributed by atoms with Gasteiger partial charge >= 0.3 is 23.9 Å². The fraction of sp³-hybridized carbons (Fsp3) is 0.0877. The van der Waals surface area contributed by atoms with Gasteiger partial charge in [0.25, 0.3) is 0 Å². The van der Waals surface area contributed by atoms with Crippen LogP contribution in [0.15, 0.2) is 158 Å². The number of carbonyl (C=O) groups is 4. The van der Waals surface area contributed by atoms with E-state index >= 15 is 0 Å². The van der Waals surface area contributed by atoms with Gasteiger partial charge in [0.1, 0.15) is 75.1 Å². The number of aromatic hydroxyl groups is 8. The van der Waals surface area contributed by atoms with Gasteiger partial charge in [0, 0.05) is 41.8 Å². The van der Waals surface area contributed by atoms with Crippen molar-refractivity contribution in [1.82, 2.24) is 0 Å². The lowest BCUT2D eigenvalue weighted by Crippen LogP contribution is -2.19. The molecule has 0 saturated carbocycles. The number of ether oxygens (including phenoxy) is 4. The van der Waals surface area contributed by atoms with Gasteiger partial charge in [-0.15, -0.1) is 0 Å². The lowest BCUT2D eigenvalue weighted by atomic mass is 9.77. The Hall–Kier alpha value is -10.0. The van der Waals surface area contributed by atoms with Crippen molar-refractivity contribution in [2.24, 2.45) is 0 Å². The summed E-state index contributed by atoms with van der Waals surface area (Å²) in [6.07, 6.45) is -1.02. The predicted octanol–water partition coefficient (Wildman–Crippen LogP) is 9.70. The van der Waals surface area contributed by atoms with Crippen LogP contribution in [0.5, 0.6) is 69.0 Å². The molecule has 75 heavy (non-hydrogen) atoms. The molecule has 0 fully saturated rings. The van der Waals surface area contributed by atoms with Gasteiger partial charge in [-0.05, 0) is 113 Å². The van der Waals surface area contributed by atoms with Crippen LogP contribution in [-0.4, -0.2) is 70.0 Å². The largest absolute Gasteiger partial charge is 0.508 e. The third kappa shape index (κ3) is 12.5. The lowest BCUT2D eigenvalue weighted by molar-refractivity contribution is -0.270. The first kappa shape index (κ1) is 51.3. The first-order chi connectivity index (χ1) is 35.7. The van der Waals surface area contributed by atoms with E-state index in [1.165, 1.54) is 24.3 Å². The molecule has 0 aliphatic carbocycles. The lowest BCUT2D eigenvalue weighted by Gasteiger charge is -2.27. The van der Waals surface area contributed by atoms with Crippen molar-refractivity contribution in [3.8, 4) is 69.0 Å². The minimum Gasteiger partial charge on any atom is -0.508 e. The zero-order chi connectivity index (χ0) is 53.7. The molecular formula is C57H44O18. The van der Waals surface area contributed by atoms with Crippen molar-refractivity contribution in [1.29, 1.82) is 0 Å². The number of benzene rings is 8. The molecule has 0 bridgehead atoms. The molecule has 0 aliphatic heterocycles. The van der Waals surface area contributed by atoms with Crippen molar-refractivity contribution in [3.63, 3.8) is 0 Å². The van der Waals surface area contributed by atoms with Crippen LogP contribution in [0.3, 0.4) is 0 Å². The Balaban J connectivity index is 1.03. The molecule has 0 saturated heterocycles. The molecule has 380 valence electrons. The fourth-order valence-corrected chi connectivity index (χ4v) is 8.06. The first-order valence-corrected chi connectivity index (χ1v) is 22.5. The quantitative estimate of drug-likeness (QED) is 0.0200. The molecule has 1 unspecified atom stereocenters. The Labute approximate surface area is 425 Å². The smallest absolute Gasteiger partial charge is 0.343 e. The third-order valence-corrected chi connectivity index (χ3v) is 11.7. The SMILES string of the molecule is CC(C)(c1ccc(Cc2cc(OC(=O)c3cc(O)cc(O)c3)cc(OC(=O)c3cc(O)cc(O)c3)c2)cc1)c1ccc(C(OO)c2cc(OC(=O)c3cc(O)cc(O)c3)cc(OC(=O)c3cc(O)cc(O)c3)c2)cc1. The zero-order valence-corrected chi connectivity index (χ0v) is 39.5. The molecule has 9 N–H and O–H groups in total. The van der Waals surface area contributed by atoms with E-state index in [1.807, 2.05) is 50.2 Å². The highest BCUT2D eigenvalue weighted by atomic mass is 17.1. The summed E-state index contributed by atoms with van der Waals surface area (Å²) < 4.78 is 22.3. The van der Waals surface area contributed by atoms with Gasteiger partial charge in [-0.2, -0.15) is 0 Å². The van der Waals surface area contributed by atoms with Gasteiger partial charge in [-0.25, -0.2) is 24.1 Å². The number of hydrogen-bond acceptors (Lipinski definition) is 18. The van der Waals surface area contributed by atoms with Crippen LogP contribution >= 0.6 is 0 Å². The molecule has 8 aromatic rings. The summed E-state index contributed by atoms with van der Waals surface area (Å²) in [6, 6.07) is 35.6. The molecule has 8 aromatic carbocycles. The maximum Gasteiger partial charge on any atom is 0.343 e. The Kier molecular flexibility index (Phi) is 14.6. The standard InChI is InChI=1S/C57H44O18/c1-57(2,38-7-3-30(4-8-38)11-31-12-48(71-53(66)34-14-40(58)24-41(59)15-34)28-49(13-31)72-54(67)35-16-42(60)25-43(61)17-35)39-9-5-32(6-10-39)52(75-70)33-22-50(73-55(68)36-18-44(62)26-45(63)19-36)29-51(23-33)74-56(69)37-20-46(64)27-47(65)21-37/h3-10,12-29,52,58-65,70H,11H2,1-2H3. The van der Waals surface area contributed by atoms with Gasteiger partial charge in [0.2, 0.25) is 0 Å². The fourth-order valence-electron chi connectivity index (χ4n) is 8.06. The summed E-state index contributed by atoms with van der Waals surface area (Å²) >= 11 is 0. The molecule has 0 aliphatic rings. The van der Waals surface area contributed by atoms with Gasteiger partial charge < -0.3 is 59.8 Å². The van der Waals surface area contributed by atoms with E-state index in [-0.39, 0.29) is 80.2 Å². The Morgan fingerprint density at radius 3 is 0.973 bits per heavy atom. The Bertz CT molecular complexity index is 3240. The highest BCUT2D eigenvalue weighted by Crippen LogP contribution is 2.38. The molecule has 1 atom stereocenters. The van der Waals surface area contributed by atoms with E-state index in [0.29, 0.717) is 11.1 Å². The van der Waals surface area contributed by atoms with E-state index in [4.69, 9.17) is 23.8 Å². The van der Waals surface area contributed by atoms with E-state index in [1.54, 1.807) is 24.3 Å². The number of hydrogen-bond donors (Lipinski definition) is 9. The first-order valence-electron chi connectivity index (χ1n) is 22.5. The molecule has 0 spiro atoms. The van der Waals surface area contributed by atoms with Crippen molar-refractivity contribution >= 4 is 23.9 Å². The van der Waals surface area contributed by atoms with Gasteiger partial charge in [-0.1, -0.05) is 62.4 Å². The second-order valence-corrected chi connectivity index (χ2v) is 17.7. The van der Waals surface area contributed by atoms with Gasteiger partial charge in [0.05, 0.1) is 22.3 Å². The summed E-state index contributed by atoms with van der Waals surface area (Å²) in [5.74, 6) is -7.55. The van der Waals surface area contributed by atoms with Crippen molar-refractivity contribution in [2.75, 3.05) is 0 Å². The molecule has 18 nitrogen and oxygen atoms in total. The summed E-state index contributed by atoms with van der Waals surface area (Å²) in [7, 11) is 0. The average molecular weight is 1020 g/mol. The number of esters is 4. The third-order valence-electron chi connectivity index (χ3n) is 11.7. The predicted molar refractivity (Wildman–Crippen MR) is 265 cm³/mol. The molecule has 18 heteroatoms. The molecule has 0 radical (unpaired) electrons. The van der Waals surface area contributed by atoms with Crippen LogP contribution in [0.25, 0.3) is 0 Å².